The van der Waals surface area contributed by atoms with E-state index < -0.39 is 7.14 Å². The smallest absolute Gasteiger partial charge is 0.171 e. The maximum absolute atomic E-state index is 15.0. The predicted molar refractivity (Wildman–Crippen MR) is 257 cm³/mol. The molecule has 0 unspecified atom stereocenters. The van der Waals surface area contributed by atoms with Gasteiger partial charge in [0.25, 0.3) is 0 Å². The third-order valence-corrected chi connectivity index (χ3v) is 15.6. The van der Waals surface area contributed by atoms with Gasteiger partial charge in [-0.15, -0.1) is 0 Å². The van der Waals surface area contributed by atoms with Crippen LogP contribution in [0.4, 0.5) is 0 Å². The minimum absolute atomic E-state index is 0.122. The van der Waals surface area contributed by atoms with Crippen LogP contribution in [-0.2, 0) is 9.98 Å². The maximum Gasteiger partial charge on any atom is 0.171 e. The fraction of sp³-hybridized carbons (Fsp3) is 0.105. The largest absolute Gasteiger partial charge is 0.309 e. The van der Waals surface area contributed by atoms with Crippen molar-refractivity contribution in [3.8, 4) is 56.4 Å². The Labute approximate surface area is 364 Å². The zero-order valence-electron chi connectivity index (χ0n) is 34.5. The summed E-state index contributed by atoms with van der Waals surface area (Å²) in [4.78, 5) is 15.1. The Hall–Kier alpha value is -7.00. The molecule has 9 aromatic rings. The second kappa shape index (κ2) is 17.2. The lowest BCUT2D eigenvalue weighted by molar-refractivity contribution is 0.346. The Morgan fingerprint density at radius 1 is 0.323 bits per heavy atom. The van der Waals surface area contributed by atoms with Crippen molar-refractivity contribution in [1.82, 2.24) is 15.0 Å². The highest BCUT2D eigenvalue weighted by atomic mass is 31.2. The highest BCUT2D eigenvalue weighted by Crippen LogP contribution is 2.47. The minimum atomic E-state index is -3.06. The lowest BCUT2D eigenvalue weighted by Gasteiger charge is -2.39. The molecule has 62 heavy (non-hydrogen) atoms. The molecule has 8 aromatic carbocycles. The van der Waals surface area contributed by atoms with Crippen molar-refractivity contribution in [3.05, 3.63) is 230 Å². The first-order valence-electron chi connectivity index (χ1n) is 21.6. The van der Waals surface area contributed by atoms with Crippen molar-refractivity contribution in [2.24, 2.45) is 0 Å². The van der Waals surface area contributed by atoms with Gasteiger partial charge < -0.3 is 4.57 Å². The summed E-state index contributed by atoms with van der Waals surface area (Å²) in [6.45, 7) is 0. The number of benzene rings is 8. The van der Waals surface area contributed by atoms with E-state index in [0.717, 1.165) is 62.1 Å². The molecule has 300 valence electrons. The Morgan fingerprint density at radius 3 is 1.23 bits per heavy atom. The minimum Gasteiger partial charge on any atom is -0.309 e. The van der Waals surface area contributed by atoms with Crippen molar-refractivity contribution < 1.29 is 4.57 Å². The number of rotatable bonds is 10. The van der Waals surface area contributed by atoms with Crippen molar-refractivity contribution in [3.63, 3.8) is 0 Å². The first-order chi connectivity index (χ1) is 30.6. The Kier molecular flexibility index (Phi) is 10.8. The van der Waals surface area contributed by atoms with Gasteiger partial charge >= 0.3 is 0 Å². The molecule has 10 rings (SSSR count). The number of nitrogens with zero attached hydrogens (tertiary/aromatic N) is 3. The van der Waals surface area contributed by atoms with Gasteiger partial charge in [-0.25, -0.2) is 15.0 Å². The van der Waals surface area contributed by atoms with E-state index in [-0.39, 0.29) is 5.41 Å². The van der Waals surface area contributed by atoms with E-state index >= 15 is 4.57 Å². The second-order valence-corrected chi connectivity index (χ2v) is 19.0. The molecule has 1 aliphatic rings. The van der Waals surface area contributed by atoms with Crippen LogP contribution >= 0.6 is 7.14 Å². The van der Waals surface area contributed by atoms with E-state index in [4.69, 9.17) is 15.0 Å². The van der Waals surface area contributed by atoms with Crippen LogP contribution in [-0.4, -0.2) is 15.0 Å². The third kappa shape index (κ3) is 7.64. The van der Waals surface area contributed by atoms with Crippen LogP contribution in [0.5, 0.6) is 0 Å². The van der Waals surface area contributed by atoms with E-state index in [1.807, 2.05) is 97.1 Å². The highest BCUT2D eigenvalue weighted by molar-refractivity contribution is 7.85. The van der Waals surface area contributed by atoms with Crippen LogP contribution in [0.15, 0.2) is 218 Å². The van der Waals surface area contributed by atoms with Gasteiger partial charge in [0.15, 0.2) is 24.6 Å². The topological polar surface area (TPSA) is 55.7 Å². The summed E-state index contributed by atoms with van der Waals surface area (Å²) < 4.78 is 15.0. The van der Waals surface area contributed by atoms with Crippen LogP contribution in [0.1, 0.15) is 43.2 Å². The molecule has 1 saturated carbocycles. The van der Waals surface area contributed by atoms with Gasteiger partial charge in [-0.3, -0.25) is 0 Å². The van der Waals surface area contributed by atoms with E-state index in [1.165, 1.54) is 36.0 Å². The van der Waals surface area contributed by atoms with Gasteiger partial charge in [-0.1, -0.05) is 238 Å². The van der Waals surface area contributed by atoms with Gasteiger partial charge in [0.2, 0.25) is 0 Å². The molecule has 0 bridgehead atoms. The number of aromatic nitrogens is 3. The molecule has 0 atom stereocenters. The summed E-state index contributed by atoms with van der Waals surface area (Å²) in [6, 6.07) is 75.3. The molecule has 1 aliphatic carbocycles. The van der Waals surface area contributed by atoms with E-state index in [9.17, 15) is 0 Å². The van der Waals surface area contributed by atoms with Crippen molar-refractivity contribution >= 4 is 23.1 Å². The second-order valence-electron chi connectivity index (χ2n) is 16.2. The lowest BCUT2D eigenvalue weighted by Crippen LogP contribution is -2.30. The predicted octanol–water partition coefficient (Wildman–Crippen LogP) is 13.1. The molecular weight excluding hydrogens is 774 g/mol. The van der Waals surface area contributed by atoms with Crippen LogP contribution < -0.4 is 15.9 Å². The Balaban J connectivity index is 0.979. The van der Waals surface area contributed by atoms with Crippen LogP contribution in [0.2, 0.25) is 0 Å². The monoisotopic (exact) mass is 819 g/mol. The standard InChI is InChI=1S/C57H46N3OP/c61-62(51-23-10-3-11-24-51,52-25-12-4-13-26-52)53-37-33-44(34-38-53)48-21-16-22-50(41-48)57(39-14-5-15-40-57)49-35-31-47(32-36-49)56-59-54(45-19-8-2-9-20-45)58-55(60-56)46-29-27-43(28-30-46)42-17-6-1-7-18-42/h1-4,6-13,16-38,41H,5,14-15,39-40H2. The summed E-state index contributed by atoms with van der Waals surface area (Å²) >= 11 is 0. The normalized spacial score (nSPS) is 13.7. The Morgan fingerprint density at radius 2 is 0.694 bits per heavy atom. The quantitative estimate of drug-likeness (QED) is 0.129. The van der Waals surface area contributed by atoms with Crippen molar-refractivity contribution in [1.29, 1.82) is 0 Å². The molecule has 4 nitrogen and oxygen atoms in total. The van der Waals surface area contributed by atoms with Gasteiger partial charge in [-0.05, 0) is 46.2 Å². The number of hydrogen-bond acceptors (Lipinski definition) is 4. The first kappa shape index (κ1) is 39.2. The van der Waals surface area contributed by atoms with Crippen LogP contribution in [0.3, 0.4) is 0 Å². The highest BCUT2D eigenvalue weighted by Gasteiger charge is 2.36. The summed E-state index contributed by atoms with van der Waals surface area (Å²) in [5, 5.41) is 2.51. The molecule has 0 amide bonds. The van der Waals surface area contributed by atoms with Gasteiger partial charge in [0.05, 0.1) is 0 Å². The summed E-state index contributed by atoms with van der Waals surface area (Å²) in [5.41, 5.74) is 9.97. The average Bonchev–Trinajstić information content (AvgIpc) is 3.37. The van der Waals surface area contributed by atoms with Crippen LogP contribution in [0.25, 0.3) is 56.4 Å². The van der Waals surface area contributed by atoms with Crippen molar-refractivity contribution in [2.75, 3.05) is 0 Å². The lowest BCUT2D eigenvalue weighted by atomic mass is 9.65. The number of hydrogen-bond donors (Lipinski definition) is 0. The van der Waals surface area contributed by atoms with Gasteiger partial charge in [0.1, 0.15) is 0 Å². The van der Waals surface area contributed by atoms with E-state index in [2.05, 4.69) is 121 Å². The van der Waals surface area contributed by atoms with Crippen molar-refractivity contribution in [2.45, 2.75) is 37.5 Å². The summed E-state index contributed by atoms with van der Waals surface area (Å²) in [5.74, 6) is 1.95. The Bertz CT molecular complexity index is 2920. The van der Waals surface area contributed by atoms with Gasteiger partial charge in [0, 0.05) is 38.0 Å². The molecule has 1 fully saturated rings. The third-order valence-electron chi connectivity index (χ3n) is 12.5. The zero-order chi connectivity index (χ0) is 41.8. The molecule has 0 aliphatic heterocycles. The molecule has 0 spiro atoms. The fourth-order valence-corrected chi connectivity index (χ4v) is 11.9. The zero-order valence-corrected chi connectivity index (χ0v) is 35.4. The van der Waals surface area contributed by atoms with Gasteiger partial charge in [-0.2, -0.15) is 0 Å². The molecule has 0 saturated heterocycles. The molecule has 0 N–H and O–H groups in total. The average molecular weight is 820 g/mol. The molecule has 1 heterocycles. The molecule has 5 heteroatoms. The van der Waals surface area contributed by atoms with Crippen LogP contribution in [0, 0.1) is 0 Å². The van der Waals surface area contributed by atoms with E-state index in [1.54, 1.807) is 0 Å². The summed E-state index contributed by atoms with van der Waals surface area (Å²) in [7, 11) is -3.06. The first-order valence-corrected chi connectivity index (χ1v) is 23.3. The fourth-order valence-electron chi connectivity index (χ4n) is 9.21. The molecule has 0 radical (unpaired) electrons. The summed E-state index contributed by atoms with van der Waals surface area (Å²) in [6.07, 6.45) is 5.76. The van der Waals surface area contributed by atoms with E-state index in [0.29, 0.717) is 17.5 Å². The SMILES string of the molecule is O=P(c1ccccc1)(c1ccccc1)c1ccc(-c2cccc(C3(c4ccc(-c5nc(-c6ccccc6)nc(-c6ccc(-c7ccccc7)cc6)n5)cc4)CCCCC3)c2)cc1. The molecular formula is C57H46N3OP. The molecule has 1 aromatic heterocycles. The maximum atomic E-state index is 15.0.